The summed E-state index contributed by atoms with van der Waals surface area (Å²) in [6, 6.07) is 4.04. The highest BCUT2D eigenvalue weighted by Crippen LogP contribution is 2.42. The molecular formula is C68H110O26. The molecule has 12 N–H and O–H groups in total. The van der Waals surface area contributed by atoms with Gasteiger partial charge in [0.15, 0.2) is 17.8 Å². The third-order valence-electron chi connectivity index (χ3n) is 20.2. The Balaban J connectivity index is 1.15. The Morgan fingerprint density at radius 3 is 2.03 bits per heavy atom. The Hall–Kier alpha value is -4.04. The number of esters is 3. The number of Topliss-reactive ketones (excluding diaryl/α,β-unsaturated/α-hetero) is 1. The minimum atomic E-state index is -3.04. The number of cyclic esters (lactones) is 1. The van der Waals surface area contributed by atoms with Crippen LogP contribution in [0.4, 0.5) is 0 Å². The SMILES string of the molecule is CC[C@H](O[C@@H]1C[C@H](OC(=O)c2ccc(O)c(O[C@H]3CC[C@@H](O)[C@@H](C)O3)c2)[C@@H](OC)[C@H](C)O1)[C@H](C)[C@H](O)[C@@H](C)[C@H](O)[C@H](C)[C@@H]1OC(=O)C=C[C@H](C)[C@H](O)C[C@H](O)[C@@H](C)CCC[C@@H](C)[C@H](O)C(=O)[C@]2(O)O[C@H](C[C@@H](OC(C)=O)C[C@H](O)CCC[C@@H](O)[C@@H]3O[C@H]3[C@@H]1C)C[C@H](O)[C@H]2O. The largest absolute Gasteiger partial charge is 0.504 e. The van der Waals surface area contributed by atoms with Gasteiger partial charge in [-0.05, 0) is 88.8 Å². The van der Waals surface area contributed by atoms with Crippen molar-refractivity contribution in [3.05, 3.63) is 35.9 Å². The van der Waals surface area contributed by atoms with Gasteiger partial charge in [0.1, 0.15) is 42.7 Å². The van der Waals surface area contributed by atoms with E-state index in [0.29, 0.717) is 32.1 Å². The quantitative estimate of drug-likeness (QED) is 0.0678. The van der Waals surface area contributed by atoms with Gasteiger partial charge >= 0.3 is 17.9 Å². The van der Waals surface area contributed by atoms with Crippen LogP contribution in [0.1, 0.15) is 176 Å². The number of carbonyl (C=O) groups excluding carboxylic acids is 4. The van der Waals surface area contributed by atoms with E-state index < -0.39 is 200 Å². The molecule has 0 aromatic heterocycles. The molecule has 6 rings (SSSR count). The summed E-state index contributed by atoms with van der Waals surface area (Å²) in [5, 5.41) is 135. The van der Waals surface area contributed by atoms with Crippen molar-refractivity contribution in [3.8, 4) is 11.5 Å². The van der Waals surface area contributed by atoms with Gasteiger partial charge < -0.3 is 109 Å². The van der Waals surface area contributed by atoms with Crippen molar-refractivity contribution in [2.45, 2.75) is 306 Å². The van der Waals surface area contributed by atoms with Crippen LogP contribution in [-0.2, 0) is 57.0 Å². The average Bonchev–Trinajstić information content (AvgIpc) is 1.29. The molecule has 1 aromatic rings. The summed E-state index contributed by atoms with van der Waals surface area (Å²) in [6.45, 7) is 18.3. The molecule has 538 valence electrons. The second kappa shape index (κ2) is 35.6. The highest BCUT2D eigenvalue weighted by Gasteiger charge is 2.57. The summed E-state index contributed by atoms with van der Waals surface area (Å²) >= 11 is 0. The fourth-order valence-corrected chi connectivity index (χ4v) is 13.8. The van der Waals surface area contributed by atoms with E-state index in [1.165, 1.54) is 31.4 Å². The molecule has 30 atom stereocenters. The van der Waals surface area contributed by atoms with Crippen LogP contribution in [-0.4, -0.2) is 233 Å². The van der Waals surface area contributed by atoms with Crippen LogP contribution in [0.3, 0.4) is 0 Å². The number of aliphatic hydroxyl groups is 11. The number of aromatic hydroxyl groups is 1. The van der Waals surface area contributed by atoms with Crippen LogP contribution in [0, 0.1) is 41.4 Å². The van der Waals surface area contributed by atoms with Crippen LogP contribution in [0.2, 0.25) is 0 Å². The van der Waals surface area contributed by atoms with Crippen molar-refractivity contribution in [2.24, 2.45) is 41.4 Å². The lowest BCUT2D eigenvalue weighted by atomic mass is 9.77. The van der Waals surface area contributed by atoms with Gasteiger partial charge in [0.05, 0.1) is 84.9 Å². The lowest BCUT2D eigenvalue weighted by Crippen LogP contribution is -2.65. The summed E-state index contributed by atoms with van der Waals surface area (Å²) in [4.78, 5) is 53.7. The van der Waals surface area contributed by atoms with E-state index in [1.54, 1.807) is 62.3 Å². The smallest absolute Gasteiger partial charge is 0.338 e. The highest BCUT2D eigenvalue weighted by atomic mass is 16.7. The van der Waals surface area contributed by atoms with Gasteiger partial charge in [-0.3, -0.25) is 9.59 Å². The molecule has 0 spiro atoms. The van der Waals surface area contributed by atoms with E-state index in [2.05, 4.69) is 0 Å². The zero-order valence-electron chi connectivity index (χ0n) is 56.6. The van der Waals surface area contributed by atoms with E-state index in [4.69, 9.17) is 47.4 Å². The number of rotatable bonds is 15. The van der Waals surface area contributed by atoms with E-state index in [-0.39, 0.29) is 80.8 Å². The molecule has 2 bridgehead atoms. The first kappa shape index (κ1) is 79.0. The number of phenolic OH excluding ortho intramolecular Hbond substituents is 1. The van der Waals surface area contributed by atoms with Crippen LogP contribution >= 0.6 is 0 Å². The number of carbonyl (C=O) groups is 4. The first-order valence-corrected chi connectivity index (χ1v) is 33.9. The number of fused-ring (bicyclic) bond motifs is 3. The summed E-state index contributed by atoms with van der Waals surface area (Å²) in [6.07, 6.45) is -18.7. The first-order valence-electron chi connectivity index (χ1n) is 33.9. The molecule has 0 unspecified atom stereocenters. The molecule has 94 heavy (non-hydrogen) atoms. The van der Waals surface area contributed by atoms with E-state index in [1.807, 2.05) is 6.92 Å². The second-order valence-corrected chi connectivity index (χ2v) is 27.7. The predicted molar refractivity (Wildman–Crippen MR) is 335 cm³/mol. The van der Waals surface area contributed by atoms with Crippen molar-refractivity contribution in [1.82, 2.24) is 0 Å². The van der Waals surface area contributed by atoms with Gasteiger partial charge in [-0.1, -0.05) is 67.9 Å². The van der Waals surface area contributed by atoms with E-state index in [9.17, 15) is 80.5 Å². The van der Waals surface area contributed by atoms with Gasteiger partial charge in [0.2, 0.25) is 12.1 Å². The predicted octanol–water partition coefficient (Wildman–Crippen LogP) is 3.57. The third-order valence-corrected chi connectivity index (χ3v) is 20.2. The molecule has 26 heteroatoms. The summed E-state index contributed by atoms with van der Waals surface area (Å²) in [5.74, 6) is -11.8. The van der Waals surface area contributed by atoms with Gasteiger partial charge in [-0.2, -0.15) is 0 Å². The molecule has 0 aliphatic carbocycles. The molecule has 4 saturated heterocycles. The number of benzene rings is 1. The molecule has 5 heterocycles. The number of methoxy groups -OCH3 is 1. The highest BCUT2D eigenvalue weighted by molar-refractivity contribution is 5.91. The molecule has 5 aliphatic heterocycles. The summed E-state index contributed by atoms with van der Waals surface area (Å²) in [7, 11) is 1.46. The summed E-state index contributed by atoms with van der Waals surface area (Å²) < 4.78 is 59.7. The minimum Gasteiger partial charge on any atom is -0.504 e. The van der Waals surface area contributed by atoms with Gasteiger partial charge in [0.25, 0.3) is 5.79 Å². The standard InChI is InChI=1S/C68H110O26/c1-13-52(89-57-31-54(63(85-12)40(10)87-57)91-67(83)42-21-22-47(72)53(26-42)90-56-25-23-46(71)39(9)86-56)35(5)59(79)36(6)60(80)37(7)61-38(8)62-64(93-62)48(73)19-15-18-43(70)27-44(88-41(11)69)28-45-29-51(76)65(81)68(84,94-45)66(82)58(78)34(4)17-14-16-32(2)49(74)30-50(75)33(3)20-24-55(77)92-61/h20-22,24,26,32-40,43-46,48-52,54,56-65,70-76,78-81,84H,13-19,23,25,27-31H2,1-12H3/t32-,33-,34+,35-,36+,37-,38+,39+,40-,43+,44-,45+,46+,48+,49-,50+,51-,52-,54-,56-,57+,58-,59-,60-,61-,62-,63-,64-,65+,68+/m0/s1. The minimum absolute atomic E-state index is 0.00929. The van der Waals surface area contributed by atoms with E-state index >= 15 is 0 Å². The molecule has 0 saturated carbocycles. The number of hydrogen-bond acceptors (Lipinski definition) is 26. The van der Waals surface area contributed by atoms with Crippen LogP contribution in [0.15, 0.2) is 30.4 Å². The van der Waals surface area contributed by atoms with Crippen LogP contribution in [0.5, 0.6) is 11.5 Å². The number of ether oxygens (including phenoxy) is 10. The van der Waals surface area contributed by atoms with Gasteiger partial charge in [-0.15, -0.1) is 0 Å². The zero-order valence-corrected chi connectivity index (χ0v) is 56.6. The van der Waals surface area contributed by atoms with Gasteiger partial charge in [0, 0.05) is 88.2 Å². The molecule has 1 aromatic carbocycles. The molecule has 5 aliphatic rings. The maximum Gasteiger partial charge on any atom is 0.338 e. The Morgan fingerprint density at radius 2 is 1.37 bits per heavy atom. The topological polar surface area (TPSA) is 407 Å². The summed E-state index contributed by atoms with van der Waals surface area (Å²) in [5.41, 5.74) is 0.0732. The number of ketones is 1. The lowest BCUT2D eigenvalue weighted by molar-refractivity contribution is -0.309. The molecular weight excluding hydrogens is 1230 g/mol. The number of phenols is 1. The maximum absolute atomic E-state index is 13.9. The van der Waals surface area contributed by atoms with Crippen LogP contribution < -0.4 is 4.74 Å². The second-order valence-electron chi connectivity index (χ2n) is 27.7. The Morgan fingerprint density at radius 1 is 0.702 bits per heavy atom. The normalized spacial score (nSPS) is 40.2. The average molecular weight is 1340 g/mol. The Kier molecular flexibility index (Phi) is 29.9. The first-order chi connectivity index (χ1) is 44.2. The number of epoxide rings is 1. The number of hydrogen-bond donors (Lipinski definition) is 12. The Bertz CT molecular complexity index is 2570. The number of aliphatic hydroxyl groups excluding tert-OH is 10. The molecule has 26 nitrogen and oxygen atoms in total. The monoisotopic (exact) mass is 1340 g/mol. The van der Waals surface area contributed by atoms with Crippen molar-refractivity contribution in [1.29, 1.82) is 0 Å². The fourth-order valence-electron chi connectivity index (χ4n) is 13.8. The van der Waals surface area contributed by atoms with Crippen molar-refractivity contribution >= 4 is 23.7 Å². The van der Waals surface area contributed by atoms with Crippen molar-refractivity contribution in [3.63, 3.8) is 0 Å². The fraction of sp³-hybridized carbons (Fsp3) is 0.824. The Labute approximate surface area is 552 Å². The van der Waals surface area contributed by atoms with E-state index in [0.717, 1.165) is 13.0 Å². The third kappa shape index (κ3) is 21.0. The zero-order chi connectivity index (χ0) is 69.8. The lowest BCUT2D eigenvalue weighted by Gasteiger charge is -2.44. The van der Waals surface area contributed by atoms with Gasteiger partial charge in [-0.25, -0.2) is 9.59 Å². The molecule has 4 fully saturated rings. The van der Waals surface area contributed by atoms with Crippen LogP contribution in [0.25, 0.3) is 0 Å². The van der Waals surface area contributed by atoms with Crippen molar-refractivity contribution in [2.75, 3.05) is 7.11 Å². The maximum atomic E-state index is 13.9. The molecule has 0 amide bonds. The molecule has 0 radical (unpaired) electrons. The van der Waals surface area contributed by atoms with Crippen molar-refractivity contribution < 1.29 is 128 Å².